The number of rotatable bonds is 19. The second-order valence-electron chi connectivity index (χ2n) is 13.2. The summed E-state index contributed by atoms with van der Waals surface area (Å²) in [5, 5.41) is 53.2. The summed E-state index contributed by atoms with van der Waals surface area (Å²) in [6.45, 7) is -0.236. The van der Waals surface area contributed by atoms with Crippen molar-refractivity contribution in [2.75, 3.05) is 33.3 Å². The number of carbonyl (C=O) groups excluding carboxylic acids is 2. The molecule has 0 bridgehead atoms. The zero-order chi connectivity index (χ0) is 36.5. The van der Waals surface area contributed by atoms with Crippen molar-refractivity contribution in [2.24, 2.45) is 0 Å². The highest BCUT2D eigenvalue weighted by atomic mass is 35.5. The molecule has 2 aliphatic carbocycles. The standard InChI is InChI=1S/C37H47ClN4O9/c1-42(17-5-4-15-40-36(49)41-20-30(44)33(46)34(47)31(45)21-43)35(48)23-8-11-29(38)24(18-23)22-50-37(13-14-37)28-19-39-16-12-26(28)27-6-2-3-7-32(27)51-25-9-10-25/h2-3,6-8,11-12,16,18-19,25,30-31,33-34,43-47H,4-5,9-10,13-15,17,20-22H2,1H3,(H2,40,41,49)/t30-,31+,33+,34+/m0/s1. The molecule has 13 nitrogen and oxygen atoms in total. The fraction of sp³-hybridized carbons (Fsp3) is 0.486. The van der Waals surface area contributed by atoms with E-state index in [-0.39, 0.29) is 25.2 Å². The Balaban J connectivity index is 1.09. The van der Waals surface area contributed by atoms with E-state index in [1.807, 2.05) is 30.5 Å². The molecular formula is C37H47ClN4O9. The van der Waals surface area contributed by atoms with Gasteiger partial charge in [-0.3, -0.25) is 9.78 Å². The molecule has 0 unspecified atom stereocenters. The monoisotopic (exact) mass is 726 g/mol. The maximum absolute atomic E-state index is 13.3. The highest BCUT2D eigenvalue weighted by Crippen LogP contribution is 2.53. The van der Waals surface area contributed by atoms with E-state index >= 15 is 0 Å². The number of pyridine rings is 1. The van der Waals surface area contributed by atoms with Crippen molar-refractivity contribution in [3.05, 3.63) is 82.6 Å². The number of para-hydroxylation sites is 1. The van der Waals surface area contributed by atoms with E-state index in [2.05, 4.69) is 21.7 Å². The van der Waals surface area contributed by atoms with Crippen LogP contribution in [0.4, 0.5) is 4.79 Å². The SMILES string of the molecule is CN(CCCCNC(=O)NC[C@H](O)[C@@H](O)[C@H](O)[C@H](O)CO)C(=O)c1ccc(Cl)c(COC2(c3cnccc3-c3ccccc3OC3CC3)CC2)c1. The zero-order valence-corrected chi connectivity index (χ0v) is 29.3. The van der Waals surface area contributed by atoms with Gasteiger partial charge < -0.3 is 50.5 Å². The van der Waals surface area contributed by atoms with Crippen molar-refractivity contribution in [2.45, 2.75) is 81.3 Å². The van der Waals surface area contributed by atoms with Crippen LogP contribution in [0.15, 0.2) is 60.9 Å². The number of unbranched alkanes of at least 4 members (excludes halogenated alkanes) is 1. The Bertz CT molecular complexity index is 1640. The van der Waals surface area contributed by atoms with Crippen molar-refractivity contribution in [3.8, 4) is 16.9 Å². The summed E-state index contributed by atoms with van der Waals surface area (Å²) in [4.78, 5) is 31.4. The van der Waals surface area contributed by atoms with Gasteiger partial charge in [-0.15, -0.1) is 0 Å². The third kappa shape index (κ3) is 10.2. The van der Waals surface area contributed by atoms with Crippen LogP contribution in [0.2, 0.25) is 5.02 Å². The number of halogens is 1. The molecule has 3 amide bonds. The van der Waals surface area contributed by atoms with E-state index in [0.717, 1.165) is 48.1 Å². The molecule has 2 saturated carbocycles. The average molecular weight is 727 g/mol. The van der Waals surface area contributed by atoms with Crippen LogP contribution in [0.5, 0.6) is 5.75 Å². The molecule has 51 heavy (non-hydrogen) atoms. The Morgan fingerprint density at radius 1 is 1.00 bits per heavy atom. The molecule has 14 heteroatoms. The number of aliphatic hydroxyl groups excluding tert-OH is 5. The lowest BCUT2D eigenvalue weighted by Gasteiger charge is -2.25. The number of benzene rings is 2. The molecule has 5 rings (SSSR count). The number of ether oxygens (including phenoxy) is 2. The maximum atomic E-state index is 13.3. The van der Waals surface area contributed by atoms with E-state index in [1.54, 1.807) is 36.3 Å². The lowest BCUT2D eigenvalue weighted by atomic mass is 9.96. The Labute approximate surface area is 302 Å². The fourth-order valence-corrected chi connectivity index (χ4v) is 5.90. The zero-order valence-electron chi connectivity index (χ0n) is 28.6. The molecule has 2 aromatic carbocycles. The van der Waals surface area contributed by atoms with Crippen LogP contribution in [-0.2, 0) is 16.9 Å². The Hall–Kier alpha value is -3.82. The number of aliphatic hydroxyl groups is 5. The van der Waals surface area contributed by atoms with Gasteiger partial charge in [-0.2, -0.15) is 0 Å². The van der Waals surface area contributed by atoms with Gasteiger partial charge in [-0.05, 0) is 80.0 Å². The predicted molar refractivity (Wildman–Crippen MR) is 189 cm³/mol. The number of hydrogen-bond acceptors (Lipinski definition) is 10. The smallest absolute Gasteiger partial charge is 0.314 e. The molecule has 0 aliphatic heterocycles. The van der Waals surface area contributed by atoms with E-state index < -0.39 is 42.7 Å². The van der Waals surface area contributed by atoms with Crippen molar-refractivity contribution in [1.82, 2.24) is 20.5 Å². The molecule has 2 aliphatic rings. The lowest BCUT2D eigenvalue weighted by Crippen LogP contribution is -2.50. The Kier molecular flexibility index (Phi) is 13.3. The quantitative estimate of drug-likeness (QED) is 0.0904. The Morgan fingerprint density at radius 2 is 1.75 bits per heavy atom. The number of carbonyl (C=O) groups is 2. The molecule has 1 heterocycles. The number of hydrogen-bond donors (Lipinski definition) is 7. The molecule has 0 radical (unpaired) electrons. The lowest BCUT2D eigenvalue weighted by molar-refractivity contribution is -0.113. The summed E-state index contributed by atoms with van der Waals surface area (Å²) in [5.41, 5.74) is 3.70. The predicted octanol–water partition coefficient (Wildman–Crippen LogP) is 2.74. The van der Waals surface area contributed by atoms with Gasteiger partial charge in [0.25, 0.3) is 5.91 Å². The summed E-state index contributed by atoms with van der Waals surface area (Å²) < 4.78 is 12.8. The molecule has 0 saturated heterocycles. The van der Waals surface area contributed by atoms with Crippen molar-refractivity contribution < 1.29 is 44.6 Å². The minimum atomic E-state index is -1.77. The van der Waals surface area contributed by atoms with Crippen LogP contribution < -0.4 is 15.4 Å². The summed E-state index contributed by atoms with van der Waals surface area (Å²) in [6.07, 6.45) is 2.15. The topological polar surface area (TPSA) is 194 Å². The van der Waals surface area contributed by atoms with Gasteiger partial charge >= 0.3 is 6.03 Å². The van der Waals surface area contributed by atoms with Crippen LogP contribution in [0, 0.1) is 0 Å². The van der Waals surface area contributed by atoms with Crippen molar-refractivity contribution in [3.63, 3.8) is 0 Å². The maximum Gasteiger partial charge on any atom is 0.314 e. The second kappa shape index (κ2) is 17.6. The first-order valence-corrected chi connectivity index (χ1v) is 17.6. The second-order valence-corrected chi connectivity index (χ2v) is 13.6. The van der Waals surface area contributed by atoms with Crippen LogP contribution in [0.1, 0.15) is 60.0 Å². The van der Waals surface area contributed by atoms with Crippen LogP contribution in [0.25, 0.3) is 11.1 Å². The summed E-state index contributed by atoms with van der Waals surface area (Å²) >= 11 is 6.58. The van der Waals surface area contributed by atoms with Crippen LogP contribution >= 0.6 is 11.6 Å². The van der Waals surface area contributed by atoms with Crippen molar-refractivity contribution >= 4 is 23.5 Å². The number of nitrogens with zero attached hydrogens (tertiary/aromatic N) is 2. The minimum absolute atomic E-state index is 0.178. The molecule has 1 aromatic heterocycles. The molecular weight excluding hydrogens is 680 g/mol. The van der Waals surface area contributed by atoms with E-state index in [4.69, 9.17) is 26.2 Å². The molecule has 2 fully saturated rings. The summed E-state index contributed by atoms with van der Waals surface area (Å²) in [5.74, 6) is 0.676. The third-order valence-electron chi connectivity index (χ3n) is 9.16. The largest absolute Gasteiger partial charge is 0.490 e. The first-order chi connectivity index (χ1) is 24.5. The highest BCUT2D eigenvalue weighted by molar-refractivity contribution is 6.31. The first kappa shape index (κ1) is 38.4. The average Bonchev–Trinajstić information content (AvgIpc) is 4.10. The molecule has 7 N–H and O–H groups in total. The number of nitrogens with one attached hydrogen (secondary N) is 2. The van der Waals surface area contributed by atoms with Gasteiger partial charge in [0.15, 0.2) is 0 Å². The minimum Gasteiger partial charge on any atom is -0.490 e. The highest BCUT2D eigenvalue weighted by Gasteiger charge is 2.48. The van der Waals surface area contributed by atoms with Gasteiger partial charge in [-0.1, -0.05) is 29.8 Å². The van der Waals surface area contributed by atoms with E-state index in [9.17, 15) is 30.0 Å². The van der Waals surface area contributed by atoms with Gasteiger partial charge in [0.1, 0.15) is 24.1 Å². The fourth-order valence-electron chi connectivity index (χ4n) is 5.73. The van der Waals surface area contributed by atoms with E-state index in [1.165, 1.54) is 0 Å². The van der Waals surface area contributed by atoms with E-state index in [0.29, 0.717) is 42.1 Å². The number of aromatic nitrogens is 1. The first-order valence-electron chi connectivity index (χ1n) is 17.3. The van der Waals surface area contributed by atoms with Gasteiger partial charge in [0.05, 0.1) is 31.0 Å². The molecule has 3 aromatic rings. The molecule has 276 valence electrons. The summed E-state index contributed by atoms with van der Waals surface area (Å²) in [7, 11) is 1.70. The number of amides is 3. The number of urea groups is 1. The molecule has 4 atom stereocenters. The van der Waals surface area contributed by atoms with Gasteiger partial charge in [-0.25, -0.2) is 4.79 Å². The molecule has 0 spiro atoms. The Morgan fingerprint density at radius 3 is 2.47 bits per heavy atom. The summed E-state index contributed by atoms with van der Waals surface area (Å²) in [6, 6.07) is 14.6. The van der Waals surface area contributed by atoms with Crippen LogP contribution in [-0.4, -0.2) is 111 Å². The normalized spacial score (nSPS) is 17.2. The van der Waals surface area contributed by atoms with Gasteiger partial charge in [0, 0.05) is 60.8 Å². The van der Waals surface area contributed by atoms with Crippen LogP contribution in [0.3, 0.4) is 0 Å². The van der Waals surface area contributed by atoms with Crippen molar-refractivity contribution in [1.29, 1.82) is 0 Å². The van der Waals surface area contributed by atoms with Gasteiger partial charge in [0.2, 0.25) is 0 Å². The third-order valence-corrected chi connectivity index (χ3v) is 9.53.